The second-order valence-electron chi connectivity index (χ2n) is 10.5. The van der Waals surface area contributed by atoms with E-state index in [1.807, 2.05) is 30.3 Å². The minimum absolute atomic E-state index is 0.0274. The van der Waals surface area contributed by atoms with Crippen molar-refractivity contribution in [1.29, 1.82) is 0 Å². The van der Waals surface area contributed by atoms with Crippen LogP contribution in [-0.4, -0.2) is 29.7 Å². The summed E-state index contributed by atoms with van der Waals surface area (Å²) >= 11 is 0. The molecule has 0 bridgehead atoms. The summed E-state index contributed by atoms with van der Waals surface area (Å²) in [5, 5.41) is 9.52. The molecule has 1 fully saturated rings. The number of ether oxygens (including phenoxy) is 2. The molecule has 1 aliphatic heterocycles. The lowest BCUT2D eigenvalue weighted by Crippen LogP contribution is -2.43. The van der Waals surface area contributed by atoms with Crippen LogP contribution in [0.4, 0.5) is 0 Å². The molecule has 1 heterocycles. The van der Waals surface area contributed by atoms with Gasteiger partial charge in [0.2, 0.25) is 0 Å². The fourth-order valence-electron chi connectivity index (χ4n) is 5.39. The molecule has 1 saturated heterocycles. The highest BCUT2D eigenvalue weighted by Gasteiger charge is 2.38. The van der Waals surface area contributed by atoms with Crippen molar-refractivity contribution in [3.8, 4) is 11.1 Å². The van der Waals surface area contributed by atoms with Gasteiger partial charge in [-0.3, -0.25) is 4.90 Å². The number of benzene rings is 4. The van der Waals surface area contributed by atoms with E-state index in [0.29, 0.717) is 6.54 Å². The van der Waals surface area contributed by atoms with Gasteiger partial charge in [0.25, 0.3) is 0 Å². The Morgan fingerprint density at radius 2 is 1.44 bits per heavy atom. The average Bonchev–Trinajstić information content (AvgIpc) is 2.99. The summed E-state index contributed by atoms with van der Waals surface area (Å²) in [5.74, 6) is 0.134. The van der Waals surface area contributed by atoms with Gasteiger partial charge >= 0.3 is 0 Å². The van der Waals surface area contributed by atoms with Crippen LogP contribution in [0.15, 0.2) is 103 Å². The summed E-state index contributed by atoms with van der Waals surface area (Å²) in [5.41, 5.74) is 13.6. The van der Waals surface area contributed by atoms with Gasteiger partial charge in [-0.1, -0.05) is 110 Å². The van der Waals surface area contributed by atoms with Crippen molar-refractivity contribution in [2.45, 2.75) is 45.1 Å². The van der Waals surface area contributed by atoms with Crippen LogP contribution in [0.25, 0.3) is 11.1 Å². The van der Waals surface area contributed by atoms with Crippen LogP contribution in [-0.2, 0) is 29.2 Å². The van der Waals surface area contributed by atoms with Crippen LogP contribution >= 0.6 is 0 Å². The van der Waals surface area contributed by atoms with Crippen LogP contribution in [0.1, 0.15) is 47.1 Å². The van der Waals surface area contributed by atoms with E-state index in [9.17, 15) is 5.11 Å². The summed E-state index contributed by atoms with van der Waals surface area (Å²) in [4.78, 5) is 2.32. The Bertz CT molecular complexity index is 1320. The predicted octanol–water partition coefficient (Wildman–Crippen LogP) is 6.23. The van der Waals surface area contributed by atoms with E-state index < -0.39 is 6.29 Å². The van der Waals surface area contributed by atoms with Crippen molar-refractivity contribution < 1.29 is 14.6 Å². The highest BCUT2D eigenvalue weighted by molar-refractivity contribution is 5.67. The third-order valence-corrected chi connectivity index (χ3v) is 7.64. The summed E-state index contributed by atoms with van der Waals surface area (Å²) in [7, 11) is 2.14. The summed E-state index contributed by atoms with van der Waals surface area (Å²) < 4.78 is 13.3. The van der Waals surface area contributed by atoms with Gasteiger partial charge in [0.15, 0.2) is 6.29 Å². The van der Waals surface area contributed by atoms with Gasteiger partial charge in [0.1, 0.15) is 0 Å². The molecule has 0 unspecified atom stereocenters. The molecule has 0 aromatic heterocycles. The molecule has 202 valence electrons. The first-order valence-electron chi connectivity index (χ1n) is 13.7. The topological polar surface area (TPSA) is 68.0 Å². The molecule has 0 radical (unpaired) electrons. The fourth-order valence-corrected chi connectivity index (χ4v) is 5.39. The van der Waals surface area contributed by atoms with Crippen LogP contribution in [0.3, 0.4) is 0 Å². The van der Waals surface area contributed by atoms with E-state index in [1.54, 1.807) is 0 Å². The Morgan fingerprint density at radius 1 is 0.769 bits per heavy atom. The third-order valence-electron chi connectivity index (χ3n) is 7.64. The number of rotatable bonds is 9. The Labute approximate surface area is 231 Å². The van der Waals surface area contributed by atoms with E-state index in [-0.39, 0.29) is 24.7 Å². The highest BCUT2D eigenvalue weighted by atomic mass is 16.7. The first-order chi connectivity index (χ1) is 19.1. The van der Waals surface area contributed by atoms with Gasteiger partial charge in [-0.25, -0.2) is 0 Å². The zero-order chi connectivity index (χ0) is 27.2. The van der Waals surface area contributed by atoms with Crippen LogP contribution in [0, 0.1) is 5.92 Å². The van der Waals surface area contributed by atoms with Crippen molar-refractivity contribution in [3.63, 3.8) is 0 Å². The molecule has 3 N–H and O–H groups in total. The van der Waals surface area contributed by atoms with E-state index in [1.165, 1.54) is 5.56 Å². The Balaban J connectivity index is 1.39. The van der Waals surface area contributed by atoms with Gasteiger partial charge in [-0.2, -0.15) is 0 Å². The maximum atomic E-state index is 9.52. The largest absolute Gasteiger partial charge is 0.392 e. The van der Waals surface area contributed by atoms with Crippen molar-refractivity contribution in [1.82, 2.24) is 4.90 Å². The third kappa shape index (κ3) is 6.47. The van der Waals surface area contributed by atoms with Gasteiger partial charge in [0, 0.05) is 31.1 Å². The molecular weight excluding hydrogens is 484 g/mol. The quantitative estimate of drug-likeness (QED) is 0.273. The zero-order valence-electron chi connectivity index (χ0n) is 22.7. The minimum atomic E-state index is -0.488. The highest BCUT2D eigenvalue weighted by Crippen LogP contribution is 2.42. The fraction of sp³-hybridized carbons (Fsp3) is 0.294. The molecule has 39 heavy (non-hydrogen) atoms. The first-order valence-corrected chi connectivity index (χ1v) is 13.7. The van der Waals surface area contributed by atoms with E-state index >= 15 is 0 Å². The molecule has 0 spiro atoms. The molecule has 5 nitrogen and oxygen atoms in total. The second kappa shape index (κ2) is 12.7. The normalized spacial score (nSPS) is 21.3. The minimum Gasteiger partial charge on any atom is -0.392 e. The number of hydrogen-bond donors (Lipinski definition) is 2. The number of hydrogen-bond acceptors (Lipinski definition) is 5. The number of aliphatic hydroxyl groups excluding tert-OH is 1. The molecule has 0 aliphatic carbocycles. The van der Waals surface area contributed by atoms with E-state index in [2.05, 4.69) is 91.7 Å². The number of likely N-dealkylation sites (N-methyl/N-ethyl adjacent to an activating group) is 1. The second-order valence-corrected chi connectivity index (χ2v) is 10.5. The molecule has 1 aliphatic rings. The molecular formula is C34H38N2O3. The molecule has 4 atom stereocenters. The zero-order valence-corrected chi connectivity index (χ0v) is 22.7. The monoisotopic (exact) mass is 522 g/mol. The standard InChI is InChI=1S/C34H38N2O3/c1-24-32(22-36(2)21-25-8-4-3-5-9-25)38-34(39-33(24)28-14-12-26(23-37)13-15-28)29-18-16-27(17-19-29)31-11-7-6-10-30(31)20-35/h3-19,24,32-34,37H,20-23,35H2,1-2H3/t24-,32+,33+,34+/m1/s1. The van der Waals surface area contributed by atoms with Gasteiger partial charge in [-0.15, -0.1) is 0 Å². The first kappa shape index (κ1) is 27.3. The Kier molecular flexibility index (Phi) is 8.87. The van der Waals surface area contributed by atoms with E-state index in [0.717, 1.165) is 46.5 Å². The smallest absolute Gasteiger partial charge is 0.184 e. The summed E-state index contributed by atoms with van der Waals surface area (Å²) in [6, 6.07) is 35.3. The average molecular weight is 523 g/mol. The lowest BCUT2D eigenvalue weighted by molar-refractivity contribution is -0.276. The van der Waals surface area contributed by atoms with Crippen molar-refractivity contribution in [3.05, 3.63) is 131 Å². The molecule has 0 amide bonds. The lowest BCUT2D eigenvalue weighted by Gasteiger charge is -2.42. The summed E-state index contributed by atoms with van der Waals surface area (Å²) in [6.07, 6.45) is -0.653. The summed E-state index contributed by atoms with van der Waals surface area (Å²) in [6.45, 7) is 4.36. The molecule has 5 rings (SSSR count). The number of nitrogens with two attached hydrogens (primary N) is 1. The molecule has 5 heteroatoms. The maximum Gasteiger partial charge on any atom is 0.184 e. The van der Waals surface area contributed by atoms with Crippen LogP contribution in [0.2, 0.25) is 0 Å². The maximum absolute atomic E-state index is 9.52. The van der Waals surface area contributed by atoms with Crippen LogP contribution < -0.4 is 5.73 Å². The SMILES string of the molecule is C[C@@H]1[C@H](CN(C)Cc2ccccc2)O[C@H](c2ccc(-c3ccccc3CN)cc2)O[C@@H]1c1ccc(CO)cc1. The van der Waals surface area contributed by atoms with Crippen molar-refractivity contribution in [2.24, 2.45) is 11.7 Å². The van der Waals surface area contributed by atoms with Gasteiger partial charge in [0.05, 0.1) is 18.8 Å². The van der Waals surface area contributed by atoms with Crippen molar-refractivity contribution >= 4 is 0 Å². The number of aliphatic hydroxyl groups is 1. The van der Waals surface area contributed by atoms with Gasteiger partial charge < -0.3 is 20.3 Å². The van der Waals surface area contributed by atoms with Gasteiger partial charge in [-0.05, 0) is 40.4 Å². The molecule has 0 saturated carbocycles. The number of nitrogens with zero attached hydrogens (tertiary/aromatic N) is 1. The molecule has 4 aromatic carbocycles. The van der Waals surface area contributed by atoms with Crippen LogP contribution in [0.5, 0.6) is 0 Å². The van der Waals surface area contributed by atoms with Crippen molar-refractivity contribution in [2.75, 3.05) is 13.6 Å². The predicted molar refractivity (Wildman–Crippen MR) is 156 cm³/mol. The lowest BCUT2D eigenvalue weighted by atomic mass is 9.90. The Morgan fingerprint density at radius 3 is 2.13 bits per heavy atom. The Hall–Kier alpha value is -3.32. The van der Waals surface area contributed by atoms with E-state index in [4.69, 9.17) is 15.2 Å². The molecule has 4 aromatic rings.